The van der Waals surface area contributed by atoms with Crippen molar-refractivity contribution in [1.82, 2.24) is 20.3 Å². The topological polar surface area (TPSA) is 106 Å². The van der Waals surface area contributed by atoms with E-state index in [0.717, 1.165) is 29.1 Å². The van der Waals surface area contributed by atoms with Gasteiger partial charge in [-0.15, -0.1) is 0 Å². The molecular weight excluding hydrogens is 572 g/mol. The van der Waals surface area contributed by atoms with Gasteiger partial charge in [0, 0.05) is 38.5 Å². The molecule has 1 saturated carbocycles. The highest BCUT2D eigenvalue weighted by atomic mass is 16.5. The molecule has 2 atom stereocenters. The van der Waals surface area contributed by atoms with Crippen molar-refractivity contribution in [3.8, 4) is 17.2 Å². The molecule has 1 aromatic heterocycles. The number of benzene rings is 2. The van der Waals surface area contributed by atoms with Gasteiger partial charge < -0.3 is 29.0 Å². The maximum absolute atomic E-state index is 13.2. The molecule has 4 heterocycles. The molecule has 7 rings (SSSR count). The molecule has 4 aliphatic rings. The Labute approximate surface area is 265 Å². The number of nitrogens with one attached hydrogen (secondary N) is 1. The van der Waals surface area contributed by atoms with E-state index >= 15 is 0 Å². The van der Waals surface area contributed by atoms with Crippen LogP contribution in [0.1, 0.15) is 73.4 Å². The van der Waals surface area contributed by atoms with E-state index in [2.05, 4.69) is 21.4 Å². The van der Waals surface area contributed by atoms with E-state index in [1.165, 1.54) is 37.0 Å². The largest absolute Gasteiger partial charge is 0.493 e. The summed E-state index contributed by atoms with van der Waals surface area (Å²) in [5.74, 6) is 2.93. The molecule has 0 radical (unpaired) electrons. The molecule has 4 bridgehead atoms. The number of ether oxygens (including phenoxy) is 3. The molecule has 0 spiro atoms. The first-order valence-electron chi connectivity index (χ1n) is 16.2. The lowest BCUT2D eigenvalue weighted by Gasteiger charge is -2.38. The van der Waals surface area contributed by atoms with Crippen LogP contribution < -0.4 is 14.8 Å². The second kappa shape index (κ2) is 14.5. The fraction of sp³-hybridized carbons (Fsp3) is 0.514. The zero-order chi connectivity index (χ0) is 31.2. The number of piperidine rings is 1. The third-order valence-electron chi connectivity index (χ3n) is 9.22. The van der Waals surface area contributed by atoms with Crippen molar-refractivity contribution in [2.24, 2.45) is 0 Å². The summed E-state index contributed by atoms with van der Waals surface area (Å²) in [6, 6.07) is 15.4. The number of fused-ring (bicyclic) bond motifs is 9. The first-order valence-corrected chi connectivity index (χ1v) is 16.2. The maximum Gasteiger partial charge on any atom is 0.239 e. The molecule has 3 aliphatic heterocycles. The van der Waals surface area contributed by atoms with Gasteiger partial charge in [-0.1, -0.05) is 42.6 Å². The quantitative estimate of drug-likeness (QED) is 0.426. The van der Waals surface area contributed by atoms with Gasteiger partial charge in [0.25, 0.3) is 0 Å². The average Bonchev–Trinajstić information content (AvgIpc) is 3.52. The van der Waals surface area contributed by atoms with Crippen LogP contribution in [-0.2, 0) is 33.9 Å². The van der Waals surface area contributed by atoms with Crippen molar-refractivity contribution >= 4 is 11.8 Å². The number of hydrogen-bond donors (Lipinski definition) is 1. The number of rotatable bonds is 4. The molecule has 0 unspecified atom stereocenters. The minimum Gasteiger partial charge on any atom is -0.493 e. The number of carbonyl (C=O) groups is 2. The number of aryl methyl sites for hydroxylation is 1. The van der Waals surface area contributed by atoms with Crippen LogP contribution in [0.25, 0.3) is 0 Å². The summed E-state index contributed by atoms with van der Waals surface area (Å²) >= 11 is 0. The van der Waals surface area contributed by atoms with E-state index in [9.17, 15) is 9.59 Å². The molecule has 45 heavy (non-hydrogen) atoms. The van der Waals surface area contributed by atoms with Gasteiger partial charge in [0.15, 0.2) is 17.3 Å². The van der Waals surface area contributed by atoms with Gasteiger partial charge in [-0.05, 0) is 61.1 Å². The van der Waals surface area contributed by atoms with Crippen molar-refractivity contribution in [1.29, 1.82) is 0 Å². The summed E-state index contributed by atoms with van der Waals surface area (Å²) in [6.45, 7) is 2.39. The molecule has 2 fully saturated rings. The van der Waals surface area contributed by atoms with Gasteiger partial charge in [0.05, 0.1) is 44.6 Å². The van der Waals surface area contributed by atoms with Gasteiger partial charge in [-0.2, -0.15) is 0 Å². The molecule has 1 N–H and O–H groups in total. The number of methoxy groups -OCH3 is 1. The van der Waals surface area contributed by atoms with Gasteiger partial charge in [0.1, 0.15) is 5.75 Å². The van der Waals surface area contributed by atoms with E-state index in [0.29, 0.717) is 55.7 Å². The second-order valence-corrected chi connectivity index (χ2v) is 12.6. The molecule has 240 valence electrons. The summed E-state index contributed by atoms with van der Waals surface area (Å²) in [7, 11) is 3.27. The highest BCUT2D eigenvalue weighted by molar-refractivity contribution is 5.84. The van der Waals surface area contributed by atoms with Gasteiger partial charge in [0.2, 0.25) is 11.8 Å². The summed E-state index contributed by atoms with van der Waals surface area (Å²) in [4.78, 5) is 29.9. The van der Waals surface area contributed by atoms with E-state index < -0.39 is 0 Å². The Morgan fingerprint density at radius 1 is 1.00 bits per heavy atom. The van der Waals surface area contributed by atoms with Gasteiger partial charge >= 0.3 is 0 Å². The van der Waals surface area contributed by atoms with Crippen LogP contribution in [0.15, 0.2) is 53.1 Å². The van der Waals surface area contributed by atoms with Crippen molar-refractivity contribution < 1.29 is 28.3 Å². The van der Waals surface area contributed by atoms with Crippen LogP contribution in [-0.4, -0.2) is 72.7 Å². The summed E-state index contributed by atoms with van der Waals surface area (Å²) < 4.78 is 24.1. The van der Waals surface area contributed by atoms with Crippen molar-refractivity contribution in [3.05, 3.63) is 71.1 Å². The second-order valence-electron chi connectivity index (χ2n) is 12.6. The first kappa shape index (κ1) is 31.1. The molecule has 1 aliphatic carbocycles. The molecule has 1 saturated heterocycles. The summed E-state index contributed by atoms with van der Waals surface area (Å²) in [5.41, 5.74) is 2.99. The normalized spacial score (nSPS) is 22.5. The number of likely N-dealkylation sites (N-methyl/N-ethyl adjacent to an activating group) is 1. The van der Waals surface area contributed by atoms with E-state index in [1.54, 1.807) is 14.2 Å². The Hall–Kier alpha value is -3.89. The molecule has 2 amide bonds. The van der Waals surface area contributed by atoms with Crippen molar-refractivity contribution in [2.75, 3.05) is 33.8 Å². The zero-order valence-electron chi connectivity index (χ0n) is 26.3. The fourth-order valence-electron chi connectivity index (χ4n) is 6.65. The number of hydrogen-bond acceptors (Lipinski definition) is 8. The van der Waals surface area contributed by atoms with Crippen molar-refractivity contribution in [2.45, 2.75) is 82.6 Å². The zero-order valence-corrected chi connectivity index (χ0v) is 26.3. The third kappa shape index (κ3) is 8.04. The Morgan fingerprint density at radius 2 is 1.87 bits per heavy atom. The Kier molecular flexibility index (Phi) is 10.0. The predicted octanol–water partition coefficient (Wildman–Crippen LogP) is 5.20. The highest BCUT2D eigenvalue weighted by Gasteiger charge is 2.32. The lowest BCUT2D eigenvalue weighted by Crippen LogP contribution is -2.56. The van der Waals surface area contributed by atoms with Crippen LogP contribution >= 0.6 is 0 Å². The van der Waals surface area contributed by atoms with Crippen LogP contribution in [0.2, 0.25) is 0 Å². The molecule has 2 aromatic carbocycles. The summed E-state index contributed by atoms with van der Waals surface area (Å²) in [5, 5.41) is 7.59. The van der Waals surface area contributed by atoms with Crippen LogP contribution in [0, 0.1) is 0 Å². The number of amides is 2. The van der Waals surface area contributed by atoms with E-state index in [4.69, 9.17) is 18.7 Å². The maximum atomic E-state index is 13.2. The minimum atomic E-state index is -0.261. The Bertz CT molecular complexity index is 1470. The molecule has 10 heteroatoms. The van der Waals surface area contributed by atoms with Crippen LogP contribution in [0.5, 0.6) is 17.2 Å². The number of carbonyl (C=O) groups excluding carboxylic acids is 2. The lowest BCUT2D eigenvalue weighted by atomic mass is 9.87. The third-order valence-corrected chi connectivity index (χ3v) is 9.22. The Morgan fingerprint density at radius 3 is 2.71 bits per heavy atom. The van der Waals surface area contributed by atoms with Gasteiger partial charge in [-0.3, -0.25) is 14.5 Å². The molecule has 10 nitrogen and oxygen atoms in total. The molecule has 3 aromatic rings. The average molecular weight is 617 g/mol. The van der Waals surface area contributed by atoms with E-state index in [-0.39, 0.29) is 36.9 Å². The number of aromatic nitrogens is 1. The highest BCUT2D eigenvalue weighted by Crippen LogP contribution is 2.34. The smallest absolute Gasteiger partial charge is 0.239 e. The van der Waals surface area contributed by atoms with Gasteiger partial charge in [-0.25, -0.2) is 0 Å². The monoisotopic (exact) mass is 616 g/mol. The van der Waals surface area contributed by atoms with Crippen molar-refractivity contribution in [3.63, 3.8) is 0 Å². The standard InChI is InChI=1S/C35H44N4O6/c1-38-22-34(40)36-29-15-16-39(20-28-19-30(37-45-28)26-8-4-3-5-9-26)21-33(29)43-23-25-7-6-10-27(17-25)44-31-13-11-24(12-14-35(38)41)18-32(31)42-2/h6-7,10-11,13,17-19,26,29,33H,3-5,8-9,12,14-16,20-23H2,1-2H3,(H,36,40)/t29-,33-/m0/s1. The van der Waals surface area contributed by atoms with E-state index in [1.807, 2.05) is 42.5 Å². The first-order chi connectivity index (χ1) is 21.9. The molecular formula is C35H44N4O6. The summed E-state index contributed by atoms with van der Waals surface area (Å²) in [6.07, 6.45) is 7.44. The van der Waals surface area contributed by atoms with Crippen LogP contribution in [0.4, 0.5) is 0 Å². The number of nitrogens with zero attached hydrogens (tertiary/aromatic N) is 3. The Balaban J connectivity index is 1.19. The minimum absolute atomic E-state index is 0.00802. The fourth-order valence-corrected chi connectivity index (χ4v) is 6.65. The lowest BCUT2D eigenvalue weighted by molar-refractivity contribution is -0.135. The predicted molar refractivity (Wildman–Crippen MR) is 168 cm³/mol. The SMILES string of the molecule is COc1cc2ccc1Oc1cccc(c1)CO[C@H]1CN(Cc3cc(C4CCCCC4)no3)CC[C@@H]1NC(=O)CN(C)C(=O)CC2. The number of likely N-dealkylation sites (tertiary alicyclic amines) is 1. The van der Waals surface area contributed by atoms with Crippen LogP contribution in [0.3, 0.4) is 0 Å².